The molecule has 2 aliphatic rings. The van der Waals surface area contributed by atoms with E-state index in [1.807, 2.05) is 0 Å². The zero-order valence-corrected chi connectivity index (χ0v) is 14.2. The van der Waals surface area contributed by atoms with Gasteiger partial charge in [0, 0.05) is 11.1 Å². The maximum atomic E-state index is 12.8. The van der Waals surface area contributed by atoms with Crippen LogP contribution in [-0.4, -0.2) is 36.0 Å². The zero-order chi connectivity index (χ0) is 19.2. The van der Waals surface area contributed by atoms with Crippen LogP contribution in [0.4, 0.5) is 5.69 Å². The maximum Gasteiger partial charge on any atom is 0.264 e. The van der Waals surface area contributed by atoms with Gasteiger partial charge in [0.15, 0.2) is 22.9 Å². The molecule has 2 heterocycles. The molecule has 8 heteroatoms. The van der Waals surface area contributed by atoms with Crippen LogP contribution in [0, 0.1) is 0 Å². The van der Waals surface area contributed by atoms with Gasteiger partial charge in [-0.05, 0) is 24.3 Å². The van der Waals surface area contributed by atoms with Crippen molar-refractivity contribution in [2.24, 2.45) is 5.73 Å². The summed E-state index contributed by atoms with van der Waals surface area (Å²) in [4.78, 5) is 38.0. The molecule has 0 bridgehead atoms. The van der Waals surface area contributed by atoms with Crippen molar-refractivity contribution in [3.05, 3.63) is 53.6 Å². The second kappa shape index (κ2) is 6.10. The van der Waals surface area contributed by atoms with E-state index in [4.69, 9.17) is 15.2 Å². The first-order valence-electron chi connectivity index (χ1n) is 8.25. The van der Waals surface area contributed by atoms with E-state index in [0.29, 0.717) is 17.2 Å². The Bertz CT molecular complexity index is 972. The van der Waals surface area contributed by atoms with Crippen molar-refractivity contribution in [1.29, 1.82) is 0 Å². The van der Waals surface area contributed by atoms with Crippen molar-refractivity contribution < 1.29 is 29.0 Å². The molecule has 2 aromatic carbocycles. The minimum Gasteiger partial charge on any atom is -0.454 e. The lowest BCUT2D eigenvalue weighted by molar-refractivity contribution is -0.136. The molecule has 0 aliphatic carbocycles. The van der Waals surface area contributed by atoms with Gasteiger partial charge in [-0.25, -0.2) is 0 Å². The van der Waals surface area contributed by atoms with Gasteiger partial charge in [0.1, 0.15) is 6.54 Å². The van der Waals surface area contributed by atoms with Crippen LogP contribution in [-0.2, 0) is 15.2 Å². The van der Waals surface area contributed by atoms with Crippen LogP contribution in [0.2, 0.25) is 0 Å². The van der Waals surface area contributed by atoms with E-state index < -0.39 is 29.6 Å². The summed E-state index contributed by atoms with van der Waals surface area (Å²) >= 11 is 0. The summed E-state index contributed by atoms with van der Waals surface area (Å²) in [5.74, 6) is -0.956. The number of benzene rings is 2. The number of carbonyl (C=O) groups excluding carboxylic acids is 3. The van der Waals surface area contributed by atoms with Crippen molar-refractivity contribution in [3.8, 4) is 11.5 Å². The van der Waals surface area contributed by atoms with E-state index in [-0.39, 0.29) is 24.5 Å². The highest BCUT2D eigenvalue weighted by Crippen LogP contribution is 2.43. The number of nitrogens with two attached hydrogens (primary N) is 1. The fourth-order valence-electron chi connectivity index (χ4n) is 3.39. The number of ether oxygens (including phenoxy) is 2. The van der Waals surface area contributed by atoms with E-state index in [9.17, 15) is 19.5 Å². The molecule has 0 radical (unpaired) electrons. The lowest BCUT2D eigenvalue weighted by atomic mass is 9.88. The molecule has 138 valence electrons. The molecule has 1 atom stereocenters. The van der Waals surface area contributed by atoms with Gasteiger partial charge in [-0.3, -0.25) is 19.3 Å². The van der Waals surface area contributed by atoms with Crippen LogP contribution in [0.1, 0.15) is 22.3 Å². The molecular weight excluding hydrogens is 352 g/mol. The molecule has 0 unspecified atom stereocenters. The normalized spacial score (nSPS) is 19.9. The summed E-state index contributed by atoms with van der Waals surface area (Å²) < 4.78 is 10.5. The van der Waals surface area contributed by atoms with Gasteiger partial charge >= 0.3 is 0 Å². The second-order valence-corrected chi connectivity index (χ2v) is 6.40. The number of ketones is 1. The highest BCUT2D eigenvalue weighted by molar-refractivity contribution is 6.12. The fourth-order valence-corrected chi connectivity index (χ4v) is 3.39. The first-order chi connectivity index (χ1) is 12.9. The Morgan fingerprint density at radius 2 is 1.89 bits per heavy atom. The highest BCUT2D eigenvalue weighted by atomic mass is 16.7. The van der Waals surface area contributed by atoms with Gasteiger partial charge in [-0.15, -0.1) is 0 Å². The number of para-hydroxylation sites is 1. The molecule has 8 nitrogen and oxygen atoms in total. The summed E-state index contributed by atoms with van der Waals surface area (Å²) in [6.45, 7) is -0.304. The summed E-state index contributed by atoms with van der Waals surface area (Å²) in [6.07, 6.45) is -0.474. The molecule has 0 saturated heterocycles. The Labute approximate surface area is 154 Å². The summed E-state index contributed by atoms with van der Waals surface area (Å²) in [5, 5.41) is 11.1. The highest BCUT2D eigenvalue weighted by Gasteiger charge is 2.51. The Balaban J connectivity index is 1.67. The molecule has 0 fully saturated rings. The number of carbonyl (C=O) groups is 3. The first kappa shape index (κ1) is 17.0. The van der Waals surface area contributed by atoms with E-state index >= 15 is 0 Å². The Kier molecular flexibility index (Phi) is 3.85. The van der Waals surface area contributed by atoms with Crippen molar-refractivity contribution in [2.75, 3.05) is 18.2 Å². The number of aliphatic hydroxyl groups is 1. The molecule has 2 aliphatic heterocycles. The average molecular weight is 368 g/mol. The molecular formula is C19H16N2O6. The smallest absolute Gasteiger partial charge is 0.264 e. The lowest BCUT2D eigenvalue weighted by Gasteiger charge is -2.22. The van der Waals surface area contributed by atoms with Crippen LogP contribution in [0.15, 0.2) is 42.5 Å². The van der Waals surface area contributed by atoms with E-state index in [0.717, 1.165) is 4.90 Å². The average Bonchev–Trinajstić information content (AvgIpc) is 3.19. The maximum absolute atomic E-state index is 12.8. The molecule has 0 aromatic heterocycles. The third-order valence-corrected chi connectivity index (χ3v) is 4.66. The van der Waals surface area contributed by atoms with Gasteiger partial charge in [0.2, 0.25) is 12.7 Å². The predicted octanol–water partition coefficient (Wildman–Crippen LogP) is 0.708. The van der Waals surface area contributed by atoms with Gasteiger partial charge in [-0.2, -0.15) is 0 Å². The first-order valence-corrected chi connectivity index (χ1v) is 8.25. The number of anilines is 1. The number of fused-ring (bicyclic) bond motifs is 2. The Morgan fingerprint density at radius 1 is 1.15 bits per heavy atom. The third-order valence-electron chi connectivity index (χ3n) is 4.66. The minimum absolute atomic E-state index is 0.0743. The van der Waals surface area contributed by atoms with Crippen molar-refractivity contribution >= 4 is 23.3 Å². The van der Waals surface area contributed by atoms with Gasteiger partial charge in [-0.1, -0.05) is 18.2 Å². The fraction of sp³-hybridized carbons (Fsp3) is 0.211. The third kappa shape index (κ3) is 2.70. The van der Waals surface area contributed by atoms with Crippen LogP contribution in [0.3, 0.4) is 0 Å². The Hall–Kier alpha value is -3.39. The monoisotopic (exact) mass is 368 g/mol. The second-order valence-electron chi connectivity index (χ2n) is 6.40. The number of nitrogens with zero attached hydrogens (tertiary/aromatic N) is 1. The largest absolute Gasteiger partial charge is 0.454 e. The van der Waals surface area contributed by atoms with Gasteiger partial charge in [0.05, 0.1) is 12.1 Å². The van der Waals surface area contributed by atoms with Crippen molar-refractivity contribution in [1.82, 2.24) is 0 Å². The summed E-state index contributed by atoms with van der Waals surface area (Å²) in [7, 11) is 0. The molecule has 2 aromatic rings. The number of rotatable bonds is 5. The summed E-state index contributed by atoms with van der Waals surface area (Å²) in [6, 6.07) is 11.1. The quantitative estimate of drug-likeness (QED) is 0.750. The van der Waals surface area contributed by atoms with Gasteiger partial charge in [0.25, 0.3) is 5.91 Å². The van der Waals surface area contributed by atoms with Crippen molar-refractivity contribution in [2.45, 2.75) is 12.0 Å². The van der Waals surface area contributed by atoms with Crippen molar-refractivity contribution in [3.63, 3.8) is 0 Å². The topological polar surface area (TPSA) is 119 Å². The molecule has 2 amide bonds. The Morgan fingerprint density at radius 3 is 2.67 bits per heavy atom. The van der Waals surface area contributed by atoms with E-state index in [2.05, 4.69) is 0 Å². The number of Topliss-reactive ketones (excluding diaryl/α,β-unsaturated/α-hetero) is 1. The molecule has 0 spiro atoms. The molecule has 27 heavy (non-hydrogen) atoms. The van der Waals surface area contributed by atoms with Crippen LogP contribution < -0.4 is 20.1 Å². The molecule has 4 rings (SSSR count). The predicted molar refractivity (Wildman–Crippen MR) is 93.4 cm³/mol. The number of amides is 2. The lowest BCUT2D eigenvalue weighted by Crippen LogP contribution is -2.44. The molecule has 3 N–H and O–H groups in total. The number of hydrogen-bond donors (Lipinski definition) is 2. The van der Waals surface area contributed by atoms with E-state index in [1.165, 1.54) is 6.07 Å². The standard InChI is InChI=1S/C19H16N2O6/c20-17(23)9-21-13-4-2-1-3-12(13)19(25,18(21)24)8-14(22)11-5-6-15-16(7-11)27-10-26-15/h1-7,25H,8-10H2,(H2,20,23)/t19-/m0/s1. The number of primary amides is 1. The summed E-state index contributed by atoms with van der Waals surface area (Å²) in [5.41, 5.74) is 4.06. The van der Waals surface area contributed by atoms with E-state index in [1.54, 1.807) is 36.4 Å². The zero-order valence-electron chi connectivity index (χ0n) is 14.2. The molecule has 0 saturated carbocycles. The van der Waals surface area contributed by atoms with Crippen LogP contribution >= 0.6 is 0 Å². The van der Waals surface area contributed by atoms with Gasteiger partial charge < -0.3 is 20.3 Å². The minimum atomic E-state index is -2.07. The SMILES string of the molecule is NC(=O)CN1C(=O)[C@](O)(CC(=O)c2ccc3c(c2)OCO3)c2ccccc21. The van der Waals surface area contributed by atoms with Crippen LogP contribution in [0.5, 0.6) is 11.5 Å². The number of hydrogen-bond acceptors (Lipinski definition) is 6. The van der Waals surface area contributed by atoms with Crippen LogP contribution in [0.25, 0.3) is 0 Å².